The van der Waals surface area contributed by atoms with Gasteiger partial charge in [0.1, 0.15) is 5.82 Å². The monoisotopic (exact) mass is 392 g/mol. The van der Waals surface area contributed by atoms with Crippen molar-refractivity contribution in [3.63, 3.8) is 0 Å². The van der Waals surface area contributed by atoms with Gasteiger partial charge in [-0.3, -0.25) is 0 Å². The van der Waals surface area contributed by atoms with Gasteiger partial charge >= 0.3 is 0 Å². The van der Waals surface area contributed by atoms with E-state index in [0.717, 1.165) is 19.3 Å². The number of benzene rings is 2. The number of aryl methyl sites for hydroxylation is 1. The van der Waals surface area contributed by atoms with Crippen LogP contribution in [0.25, 0.3) is 11.1 Å². The molecule has 0 saturated carbocycles. The zero-order valence-corrected chi connectivity index (χ0v) is 16.4. The first-order chi connectivity index (χ1) is 13.5. The van der Waals surface area contributed by atoms with Gasteiger partial charge in [-0.05, 0) is 48.8 Å². The quantitative estimate of drug-likeness (QED) is 0.556. The van der Waals surface area contributed by atoms with E-state index < -0.39 is 17.7 Å². The maximum absolute atomic E-state index is 14.8. The molecule has 0 aliphatic carbocycles. The molecule has 1 saturated heterocycles. The van der Waals surface area contributed by atoms with Crippen LogP contribution in [0.5, 0.6) is 0 Å². The topological polar surface area (TPSA) is 18.5 Å². The lowest BCUT2D eigenvalue weighted by atomic mass is 9.91. The van der Waals surface area contributed by atoms with Crippen molar-refractivity contribution in [2.45, 2.75) is 45.1 Å². The zero-order valence-electron chi connectivity index (χ0n) is 16.4. The van der Waals surface area contributed by atoms with Crippen molar-refractivity contribution in [1.29, 1.82) is 0 Å². The van der Waals surface area contributed by atoms with Gasteiger partial charge in [0.25, 0.3) is 0 Å². The molecule has 0 bridgehead atoms. The first-order valence-electron chi connectivity index (χ1n) is 9.92. The second kappa shape index (κ2) is 9.57. The molecule has 2 nitrogen and oxygen atoms in total. The van der Waals surface area contributed by atoms with Crippen LogP contribution in [-0.4, -0.2) is 20.3 Å². The molecule has 5 heteroatoms. The molecule has 1 heterocycles. The standard InChI is InChI=1S/C23H27F3O2/c1-3-4-16-6-7-17(13-20(16)24)18-8-9-19(23(26)22(18)25)21-10-5-15(14-28-21)11-12-27-2/h6-9,13,15,21H,3-5,10-12,14H2,1-2H3. The average Bonchev–Trinajstić information content (AvgIpc) is 2.71. The smallest absolute Gasteiger partial charge is 0.167 e. The fraction of sp³-hybridized carbons (Fsp3) is 0.478. The van der Waals surface area contributed by atoms with Crippen LogP contribution in [0.4, 0.5) is 13.2 Å². The largest absolute Gasteiger partial charge is 0.385 e. The van der Waals surface area contributed by atoms with E-state index in [0.29, 0.717) is 43.1 Å². The Bertz CT molecular complexity index is 799. The van der Waals surface area contributed by atoms with Crippen LogP contribution in [0.3, 0.4) is 0 Å². The molecule has 1 aliphatic rings. The van der Waals surface area contributed by atoms with Crippen LogP contribution in [0.15, 0.2) is 30.3 Å². The van der Waals surface area contributed by atoms with E-state index in [1.54, 1.807) is 25.3 Å². The van der Waals surface area contributed by atoms with Gasteiger partial charge in [-0.15, -0.1) is 0 Å². The molecular formula is C23H27F3O2. The summed E-state index contributed by atoms with van der Waals surface area (Å²) < 4.78 is 54.6. The first kappa shape index (κ1) is 20.9. The predicted octanol–water partition coefficient (Wildman–Crippen LogP) is 6.23. The minimum Gasteiger partial charge on any atom is -0.385 e. The molecule has 28 heavy (non-hydrogen) atoms. The fourth-order valence-corrected chi connectivity index (χ4v) is 3.79. The van der Waals surface area contributed by atoms with E-state index in [-0.39, 0.29) is 16.9 Å². The van der Waals surface area contributed by atoms with Gasteiger partial charge in [-0.1, -0.05) is 37.6 Å². The highest BCUT2D eigenvalue weighted by Gasteiger charge is 2.27. The van der Waals surface area contributed by atoms with Crippen LogP contribution in [0.2, 0.25) is 0 Å². The molecule has 2 aromatic carbocycles. The van der Waals surface area contributed by atoms with Gasteiger partial charge in [-0.25, -0.2) is 13.2 Å². The van der Waals surface area contributed by atoms with E-state index in [1.807, 2.05) is 6.92 Å². The maximum atomic E-state index is 14.8. The number of hydrogen-bond acceptors (Lipinski definition) is 2. The Hall–Kier alpha value is -1.85. The Balaban J connectivity index is 1.78. The lowest BCUT2D eigenvalue weighted by Gasteiger charge is -2.29. The lowest BCUT2D eigenvalue weighted by molar-refractivity contribution is -0.0263. The van der Waals surface area contributed by atoms with Crippen molar-refractivity contribution >= 4 is 0 Å². The van der Waals surface area contributed by atoms with E-state index >= 15 is 0 Å². The lowest BCUT2D eigenvalue weighted by Crippen LogP contribution is -2.22. The van der Waals surface area contributed by atoms with Crippen LogP contribution >= 0.6 is 0 Å². The minimum absolute atomic E-state index is 0.0666. The number of halogens is 3. The predicted molar refractivity (Wildman–Crippen MR) is 104 cm³/mol. The maximum Gasteiger partial charge on any atom is 0.167 e. The van der Waals surface area contributed by atoms with Gasteiger partial charge in [0, 0.05) is 24.8 Å². The molecular weight excluding hydrogens is 365 g/mol. The molecule has 0 N–H and O–H groups in total. The van der Waals surface area contributed by atoms with E-state index in [1.165, 1.54) is 12.1 Å². The fourth-order valence-electron chi connectivity index (χ4n) is 3.79. The Morgan fingerprint density at radius 1 is 1.07 bits per heavy atom. The summed E-state index contributed by atoms with van der Waals surface area (Å²) in [6.07, 6.45) is 3.42. The van der Waals surface area contributed by atoms with Crippen molar-refractivity contribution in [2.75, 3.05) is 20.3 Å². The summed E-state index contributed by atoms with van der Waals surface area (Å²) in [4.78, 5) is 0. The van der Waals surface area contributed by atoms with Gasteiger partial charge in [0.15, 0.2) is 11.6 Å². The van der Waals surface area contributed by atoms with Crippen molar-refractivity contribution in [2.24, 2.45) is 5.92 Å². The van der Waals surface area contributed by atoms with Crippen LogP contribution < -0.4 is 0 Å². The highest BCUT2D eigenvalue weighted by Crippen LogP contribution is 2.36. The molecule has 1 fully saturated rings. The summed E-state index contributed by atoms with van der Waals surface area (Å²) in [6, 6.07) is 7.64. The van der Waals surface area contributed by atoms with Crippen LogP contribution in [0.1, 0.15) is 49.8 Å². The number of ether oxygens (including phenoxy) is 2. The van der Waals surface area contributed by atoms with E-state index in [9.17, 15) is 13.2 Å². The van der Waals surface area contributed by atoms with Gasteiger partial charge in [-0.2, -0.15) is 0 Å². The molecule has 2 unspecified atom stereocenters. The third kappa shape index (κ3) is 4.58. The molecule has 1 aliphatic heterocycles. The van der Waals surface area contributed by atoms with E-state index in [4.69, 9.17) is 9.47 Å². The Kier molecular flexibility index (Phi) is 7.13. The average molecular weight is 392 g/mol. The van der Waals surface area contributed by atoms with Crippen molar-refractivity contribution in [3.05, 3.63) is 58.9 Å². The molecule has 3 rings (SSSR count). The highest BCUT2D eigenvalue weighted by molar-refractivity contribution is 5.65. The summed E-state index contributed by atoms with van der Waals surface area (Å²) in [5, 5.41) is 0. The second-order valence-electron chi connectivity index (χ2n) is 7.43. The summed E-state index contributed by atoms with van der Waals surface area (Å²) in [5.41, 5.74) is 1.22. The molecule has 152 valence electrons. The summed E-state index contributed by atoms with van der Waals surface area (Å²) in [6.45, 7) is 3.15. The Labute approximate surface area is 164 Å². The molecule has 0 amide bonds. The van der Waals surface area contributed by atoms with Crippen molar-refractivity contribution < 1.29 is 22.6 Å². The zero-order chi connectivity index (χ0) is 20.1. The molecule has 0 aromatic heterocycles. The number of rotatable bonds is 7. The molecule has 0 spiro atoms. The summed E-state index contributed by atoms with van der Waals surface area (Å²) in [7, 11) is 1.66. The number of methoxy groups -OCH3 is 1. The van der Waals surface area contributed by atoms with E-state index in [2.05, 4.69) is 0 Å². The van der Waals surface area contributed by atoms with Crippen LogP contribution in [0, 0.1) is 23.4 Å². The molecule has 2 atom stereocenters. The Morgan fingerprint density at radius 2 is 1.89 bits per heavy atom. The van der Waals surface area contributed by atoms with Gasteiger partial charge in [0.2, 0.25) is 0 Å². The SMILES string of the molecule is CCCc1ccc(-c2ccc(C3CCC(CCOC)CO3)c(F)c2F)cc1F. The highest BCUT2D eigenvalue weighted by atomic mass is 19.2. The normalized spacial score (nSPS) is 19.8. The Morgan fingerprint density at radius 3 is 2.54 bits per heavy atom. The van der Waals surface area contributed by atoms with Gasteiger partial charge < -0.3 is 9.47 Å². The van der Waals surface area contributed by atoms with Gasteiger partial charge in [0.05, 0.1) is 12.7 Å². The van der Waals surface area contributed by atoms with Crippen molar-refractivity contribution in [3.8, 4) is 11.1 Å². The summed E-state index contributed by atoms with van der Waals surface area (Å²) >= 11 is 0. The van der Waals surface area contributed by atoms with Crippen molar-refractivity contribution in [1.82, 2.24) is 0 Å². The second-order valence-corrected chi connectivity index (χ2v) is 7.43. The summed E-state index contributed by atoms with van der Waals surface area (Å²) in [5.74, 6) is -1.87. The third-order valence-electron chi connectivity index (χ3n) is 5.44. The molecule has 2 aromatic rings. The van der Waals surface area contributed by atoms with Crippen LogP contribution in [-0.2, 0) is 15.9 Å². The number of hydrogen-bond donors (Lipinski definition) is 0. The molecule has 0 radical (unpaired) electrons. The third-order valence-corrected chi connectivity index (χ3v) is 5.44. The minimum atomic E-state index is -0.953. The first-order valence-corrected chi connectivity index (χ1v) is 9.92.